The molecule has 0 aliphatic rings. The van der Waals surface area contributed by atoms with E-state index in [1.165, 1.54) is 49.2 Å². The molecule has 0 atom stereocenters. The highest BCUT2D eigenvalue weighted by Crippen LogP contribution is 2.44. The van der Waals surface area contributed by atoms with E-state index < -0.39 is 0 Å². The summed E-state index contributed by atoms with van der Waals surface area (Å²) < 4.78 is 6.60. The van der Waals surface area contributed by atoms with Crippen LogP contribution in [0.15, 0.2) is 217 Å². The molecule has 2 nitrogen and oxygen atoms in total. The predicted octanol–water partition coefficient (Wildman–Crippen LogP) is 15.5. The van der Waals surface area contributed by atoms with Gasteiger partial charge in [-0.2, -0.15) is 0 Å². The molecule has 0 radical (unpaired) electrons. The maximum atomic E-state index is 6.60. The minimum absolute atomic E-state index is 0.892. The van der Waals surface area contributed by atoms with E-state index in [0.717, 1.165) is 55.5 Å². The largest absolute Gasteiger partial charge is 0.455 e. The van der Waals surface area contributed by atoms with Gasteiger partial charge in [0.05, 0.1) is 5.69 Å². The Morgan fingerprint density at radius 3 is 1.68 bits per heavy atom. The van der Waals surface area contributed by atoms with Crippen LogP contribution in [-0.4, -0.2) is 0 Å². The van der Waals surface area contributed by atoms with Gasteiger partial charge in [-0.05, 0) is 103 Å². The molecule has 0 unspecified atom stereocenters. The van der Waals surface area contributed by atoms with Crippen LogP contribution in [-0.2, 0) is 0 Å². The normalized spacial score (nSPS) is 11.6. The second-order valence-electron chi connectivity index (χ2n) is 14.5. The maximum Gasteiger partial charge on any atom is 0.143 e. The Balaban J connectivity index is 1.06. The van der Waals surface area contributed by atoms with E-state index in [-0.39, 0.29) is 0 Å². The molecule has 0 spiro atoms. The topological polar surface area (TPSA) is 16.4 Å². The molecule has 0 saturated heterocycles. The molecule has 0 aliphatic heterocycles. The molecule has 0 amide bonds. The van der Waals surface area contributed by atoms with Gasteiger partial charge in [-0.1, -0.05) is 164 Å². The van der Waals surface area contributed by atoms with Crippen LogP contribution < -0.4 is 4.90 Å². The minimum atomic E-state index is 0.892. The fraction of sp³-hybridized carbons (Fsp3) is 0. The molecule has 0 fully saturated rings. The van der Waals surface area contributed by atoms with Gasteiger partial charge < -0.3 is 9.32 Å². The quantitative estimate of drug-likeness (QED) is 0.160. The highest BCUT2D eigenvalue weighted by atomic mass is 16.3. The first-order valence-corrected chi connectivity index (χ1v) is 19.2. The average Bonchev–Trinajstić information content (AvgIpc) is 3.65. The lowest BCUT2D eigenvalue weighted by molar-refractivity contribution is 0.673. The van der Waals surface area contributed by atoms with E-state index in [1.807, 2.05) is 0 Å². The Hall–Kier alpha value is -7.42. The van der Waals surface area contributed by atoms with Crippen molar-refractivity contribution in [1.29, 1.82) is 0 Å². The summed E-state index contributed by atoms with van der Waals surface area (Å²) in [4.78, 5) is 2.41. The number of nitrogens with zero attached hydrogens (tertiary/aromatic N) is 1. The first-order valence-electron chi connectivity index (χ1n) is 19.2. The molecule has 56 heavy (non-hydrogen) atoms. The van der Waals surface area contributed by atoms with E-state index in [2.05, 4.69) is 217 Å². The minimum Gasteiger partial charge on any atom is -0.455 e. The summed E-state index contributed by atoms with van der Waals surface area (Å²) in [6.07, 6.45) is 0. The summed E-state index contributed by atoms with van der Waals surface area (Å²) in [5.74, 6) is 0. The molecular formula is C54H35NO. The lowest BCUT2D eigenvalue weighted by Crippen LogP contribution is -2.10. The highest BCUT2D eigenvalue weighted by Gasteiger charge is 2.19. The van der Waals surface area contributed by atoms with Crippen LogP contribution in [0, 0.1) is 0 Å². The highest BCUT2D eigenvalue weighted by molar-refractivity contribution is 6.20. The number of benzene rings is 10. The second kappa shape index (κ2) is 13.2. The first kappa shape index (κ1) is 32.0. The molecule has 11 rings (SSSR count). The molecule has 0 N–H and O–H groups in total. The fourth-order valence-corrected chi connectivity index (χ4v) is 8.54. The summed E-state index contributed by atoms with van der Waals surface area (Å²) in [7, 11) is 0. The third-order valence-electron chi connectivity index (χ3n) is 11.2. The van der Waals surface area contributed by atoms with Crippen molar-refractivity contribution in [2.75, 3.05) is 4.90 Å². The number of hydrogen-bond acceptors (Lipinski definition) is 2. The maximum absolute atomic E-state index is 6.60. The third-order valence-corrected chi connectivity index (χ3v) is 11.2. The van der Waals surface area contributed by atoms with Crippen molar-refractivity contribution in [2.45, 2.75) is 0 Å². The fourth-order valence-electron chi connectivity index (χ4n) is 8.54. The summed E-state index contributed by atoms with van der Waals surface area (Å²) in [5.41, 5.74) is 12.2. The molecule has 10 aromatic carbocycles. The van der Waals surface area contributed by atoms with Crippen molar-refractivity contribution >= 4 is 71.3 Å². The van der Waals surface area contributed by atoms with Gasteiger partial charge in [-0.15, -0.1) is 0 Å². The number of furan rings is 1. The Morgan fingerprint density at radius 2 is 0.893 bits per heavy atom. The van der Waals surface area contributed by atoms with Crippen molar-refractivity contribution in [3.05, 3.63) is 212 Å². The third kappa shape index (κ3) is 5.34. The first-order chi connectivity index (χ1) is 27.8. The zero-order chi connectivity index (χ0) is 37.0. The van der Waals surface area contributed by atoms with E-state index in [0.29, 0.717) is 0 Å². The smallest absolute Gasteiger partial charge is 0.143 e. The summed E-state index contributed by atoms with van der Waals surface area (Å²) in [5, 5.41) is 9.49. The second-order valence-corrected chi connectivity index (χ2v) is 14.5. The molecule has 2 heteroatoms. The van der Waals surface area contributed by atoms with Crippen molar-refractivity contribution < 1.29 is 4.42 Å². The number of rotatable bonds is 6. The van der Waals surface area contributed by atoms with Gasteiger partial charge >= 0.3 is 0 Å². The summed E-state index contributed by atoms with van der Waals surface area (Å²) in [6, 6.07) is 76.4. The van der Waals surface area contributed by atoms with Crippen LogP contribution in [0.1, 0.15) is 0 Å². The van der Waals surface area contributed by atoms with E-state index >= 15 is 0 Å². The molecule has 1 aromatic heterocycles. The van der Waals surface area contributed by atoms with Gasteiger partial charge in [0.15, 0.2) is 0 Å². The Labute approximate surface area is 325 Å². The zero-order valence-corrected chi connectivity index (χ0v) is 30.6. The Kier molecular flexibility index (Phi) is 7.53. The van der Waals surface area contributed by atoms with Gasteiger partial charge in [-0.3, -0.25) is 0 Å². The van der Waals surface area contributed by atoms with Gasteiger partial charge in [-0.25, -0.2) is 0 Å². The van der Waals surface area contributed by atoms with E-state index in [9.17, 15) is 0 Å². The van der Waals surface area contributed by atoms with Crippen LogP contribution in [0.2, 0.25) is 0 Å². The van der Waals surface area contributed by atoms with E-state index in [4.69, 9.17) is 4.42 Å². The lowest BCUT2D eigenvalue weighted by Gasteiger charge is -2.28. The number of fused-ring (bicyclic) bond motifs is 8. The monoisotopic (exact) mass is 713 g/mol. The molecule has 0 bridgehead atoms. The van der Waals surface area contributed by atoms with Crippen molar-refractivity contribution in [2.24, 2.45) is 0 Å². The molecule has 11 aromatic rings. The van der Waals surface area contributed by atoms with Gasteiger partial charge in [0, 0.05) is 32.9 Å². The summed E-state index contributed by atoms with van der Waals surface area (Å²) in [6.45, 7) is 0. The predicted molar refractivity (Wildman–Crippen MR) is 237 cm³/mol. The van der Waals surface area contributed by atoms with Crippen molar-refractivity contribution in [3.63, 3.8) is 0 Å². The molecule has 0 saturated carbocycles. The van der Waals surface area contributed by atoms with Crippen molar-refractivity contribution in [1.82, 2.24) is 0 Å². The molecule has 0 aliphatic carbocycles. The van der Waals surface area contributed by atoms with Crippen LogP contribution >= 0.6 is 0 Å². The molecule has 262 valence electrons. The van der Waals surface area contributed by atoms with Crippen LogP contribution in [0.3, 0.4) is 0 Å². The van der Waals surface area contributed by atoms with Gasteiger partial charge in [0.2, 0.25) is 0 Å². The van der Waals surface area contributed by atoms with Crippen LogP contribution in [0.4, 0.5) is 17.1 Å². The zero-order valence-electron chi connectivity index (χ0n) is 30.6. The Morgan fingerprint density at radius 1 is 0.304 bits per heavy atom. The summed E-state index contributed by atoms with van der Waals surface area (Å²) >= 11 is 0. The number of hydrogen-bond donors (Lipinski definition) is 0. The van der Waals surface area contributed by atoms with Gasteiger partial charge in [0.25, 0.3) is 0 Å². The Bertz CT molecular complexity index is 3230. The van der Waals surface area contributed by atoms with Crippen LogP contribution in [0.5, 0.6) is 0 Å². The standard InChI is InChI=1S/C54H35NO/c1-3-14-36(15-4-1)39-19-13-20-43(32-39)55(52-34-41-18-7-8-21-44(41)45-22-9-11-24-47(45)52)42-29-26-37(27-30-42)40-28-31-53-50(33-40)51-35-49(38-16-5-2-6-17-38)46-23-10-12-25-48(46)54(51)56-53/h1-35H. The molecular weight excluding hydrogens is 679 g/mol. The number of anilines is 3. The van der Waals surface area contributed by atoms with Crippen LogP contribution in [0.25, 0.3) is 87.6 Å². The van der Waals surface area contributed by atoms with Crippen molar-refractivity contribution in [3.8, 4) is 33.4 Å². The lowest BCUT2D eigenvalue weighted by atomic mass is 9.95. The average molecular weight is 714 g/mol. The van der Waals surface area contributed by atoms with Gasteiger partial charge in [0.1, 0.15) is 11.2 Å². The molecule has 1 heterocycles. The SMILES string of the molecule is c1ccc(-c2cccc(N(c3ccc(-c4ccc5oc6c7ccccc7c(-c7ccccc7)cc6c5c4)cc3)c3cc4ccccc4c4ccccc34)c2)cc1. The van der Waals surface area contributed by atoms with E-state index in [1.54, 1.807) is 0 Å².